The Kier molecular flexibility index (Phi) is 3.97. The zero-order valence-electron chi connectivity index (χ0n) is 14.7. The Morgan fingerprint density at radius 3 is 2.68 bits per heavy atom. The topological polar surface area (TPSA) is 94.2 Å². The lowest BCUT2D eigenvalue weighted by atomic mass is 9.93. The number of H-pyrrole nitrogens is 1. The summed E-state index contributed by atoms with van der Waals surface area (Å²) in [4.78, 5) is 17.5. The molecule has 1 aromatic carbocycles. The Morgan fingerprint density at radius 1 is 1.36 bits per heavy atom. The highest BCUT2D eigenvalue weighted by Gasteiger charge is 2.22. The van der Waals surface area contributed by atoms with Crippen LogP contribution >= 0.6 is 0 Å². The maximum Gasteiger partial charge on any atom is 0.276 e. The molecule has 0 unspecified atom stereocenters. The monoisotopic (exact) mass is 336 g/mol. The largest absolute Gasteiger partial charge is 0.386 e. The van der Waals surface area contributed by atoms with Crippen molar-refractivity contribution < 1.29 is 5.11 Å². The summed E-state index contributed by atoms with van der Waals surface area (Å²) < 4.78 is 1.30. The van der Waals surface area contributed by atoms with Crippen molar-refractivity contribution in [3.63, 3.8) is 0 Å². The lowest BCUT2D eigenvalue weighted by Gasteiger charge is -2.19. The molecule has 0 amide bonds. The van der Waals surface area contributed by atoms with E-state index >= 15 is 0 Å². The number of benzene rings is 1. The lowest BCUT2D eigenvalue weighted by molar-refractivity contribution is 0.0786. The average Bonchev–Trinajstić information content (AvgIpc) is 2.97. The summed E-state index contributed by atoms with van der Waals surface area (Å²) in [6, 6.07) is 9.41. The number of rotatable bonds is 3. The van der Waals surface area contributed by atoms with Crippen molar-refractivity contribution in [3.05, 3.63) is 57.5 Å². The summed E-state index contributed by atoms with van der Waals surface area (Å²) in [5, 5.41) is 22.3. The van der Waals surface area contributed by atoms with Crippen LogP contribution < -0.4 is 5.56 Å². The molecule has 0 radical (unpaired) electrons. The molecule has 6 nitrogen and oxygen atoms in total. The van der Waals surface area contributed by atoms with Crippen LogP contribution in [0.4, 0.5) is 0 Å². The summed E-state index contributed by atoms with van der Waals surface area (Å²) >= 11 is 0. The molecule has 0 spiro atoms. The van der Waals surface area contributed by atoms with E-state index in [0.717, 1.165) is 11.1 Å². The van der Waals surface area contributed by atoms with Gasteiger partial charge in [0.2, 0.25) is 0 Å². The highest BCUT2D eigenvalue weighted by molar-refractivity contribution is 5.68. The SMILES string of the molecule is CC(C)c1c(-c2cccc(C(C)(C)O)c2)nc2c(C#N)c[nH]n2c1=O. The molecule has 0 aliphatic carbocycles. The highest BCUT2D eigenvalue weighted by atomic mass is 16.3. The molecule has 0 saturated heterocycles. The number of aromatic nitrogens is 3. The van der Waals surface area contributed by atoms with Crippen molar-refractivity contribution in [3.8, 4) is 17.3 Å². The van der Waals surface area contributed by atoms with E-state index in [4.69, 9.17) is 0 Å². The number of hydrogen-bond donors (Lipinski definition) is 2. The number of aliphatic hydroxyl groups is 1. The van der Waals surface area contributed by atoms with Gasteiger partial charge in [-0.15, -0.1) is 0 Å². The average molecular weight is 336 g/mol. The van der Waals surface area contributed by atoms with Crippen molar-refractivity contribution in [1.29, 1.82) is 5.26 Å². The molecule has 0 aliphatic heterocycles. The van der Waals surface area contributed by atoms with Gasteiger partial charge in [-0.3, -0.25) is 9.89 Å². The van der Waals surface area contributed by atoms with E-state index in [-0.39, 0.29) is 11.5 Å². The molecular weight excluding hydrogens is 316 g/mol. The zero-order chi connectivity index (χ0) is 18.4. The summed E-state index contributed by atoms with van der Waals surface area (Å²) in [6.45, 7) is 7.28. The van der Waals surface area contributed by atoms with E-state index in [0.29, 0.717) is 22.5 Å². The van der Waals surface area contributed by atoms with Gasteiger partial charge in [0.1, 0.15) is 11.6 Å². The number of hydrogen-bond acceptors (Lipinski definition) is 4. The smallest absolute Gasteiger partial charge is 0.276 e. The van der Waals surface area contributed by atoms with Crippen molar-refractivity contribution in [2.75, 3.05) is 0 Å². The van der Waals surface area contributed by atoms with Gasteiger partial charge in [0.15, 0.2) is 5.65 Å². The molecule has 0 saturated carbocycles. The molecule has 0 aliphatic rings. The summed E-state index contributed by atoms with van der Waals surface area (Å²) in [5.41, 5.74) is 1.99. The maximum atomic E-state index is 12.9. The van der Waals surface area contributed by atoms with Crippen LogP contribution in [0.5, 0.6) is 0 Å². The van der Waals surface area contributed by atoms with E-state index in [1.165, 1.54) is 10.7 Å². The lowest BCUT2D eigenvalue weighted by Crippen LogP contribution is -2.22. The molecule has 0 atom stereocenters. The second kappa shape index (κ2) is 5.87. The van der Waals surface area contributed by atoms with Gasteiger partial charge in [-0.2, -0.15) is 5.26 Å². The van der Waals surface area contributed by atoms with Crippen molar-refractivity contribution in [2.45, 2.75) is 39.2 Å². The van der Waals surface area contributed by atoms with E-state index in [9.17, 15) is 15.2 Å². The van der Waals surface area contributed by atoms with Gasteiger partial charge in [-0.05, 0) is 31.4 Å². The third-order valence-corrected chi connectivity index (χ3v) is 4.24. The van der Waals surface area contributed by atoms with Crippen LogP contribution in [-0.2, 0) is 5.60 Å². The Labute approximate surface area is 145 Å². The quantitative estimate of drug-likeness (QED) is 0.769. The number of aromatic amines is 1. The normalized spacial score (nSPS) is 11.9. The molecule has 2 aromatic heterocycles. The van der Waals surface area contributed by atoms with Crippen molar-refractivity contribution in [1.82, 2.24) is 14.6 Å². The van der Waals surface area contributed by atoms with Crippen LogP contribution in [-0.4, -0.2) is 19.7 Å². The zero-order valence-corrected chi connectivity index (χ0v) is 14.7. The minimum Gasteiger partial charge on any atom is -0.386 e. The van der Waals surface area contributed by atoms with Crippen molar-refractivity contribution >= 4 is 5.65 Å². The van der Waals surface area contributed by atoms with Crippen LogP contribution in [0.1, 0.15) is 50.3 Å². The fourth-order valence-corrected chi connectivity index (χ4v) is 2.90. The minimum atomic E-state index is -1.00. The van der Waals surface area contributed by atoms with Gasteiger partial charge in [0, 0.05) is 17.3 Å². The fourth-order valence-electron chi connectivity index (χ4n) is 2.90. The van der Waals surface area contributed by atoms with Crippen LogP contribution in [0.25, 0.3) is 16.9 Å². The molecule has 0 fully saturated rings. The van der Waals surface area contributed by atoms with Crippen molar-refractivity contribution in [2.24, 2.45) is 0 Å². The summed E-state index contributed by atoms with van der Waals surface area (Å²) in [7, 11) is 0. The predicted molar refractivity (Wildman–Crippen MR) is 95.3 cm³/mol. The third kappa shape index (κ3) is 2.83. The highest BCUT2D eigenvalue weighted by Crippen LogP contribution is 2.29. The summed E-state index contributed by atoms with van der Waals surface area (Å²) in [6.07, 6.45) is 1.48. The standard InChI is InChI=1S/C19H20N4O2/c1-11(2)15-16(12-6-5-7-14(8-12)19(3,4)25)22-17-13(9-20)10-21-23(17)18(15)24/h5-8,10-11,21,25H,1-4H3. The van der Waals surface area contributed by atoms with Gasteiger partial charge in [0.25, 0.3) is 5.56 Å². The molecule has 25 heavy (non-hydrogen) atoms. The van der Waals surface area contributed by atoms with Gasteiger partial charge in [-0.25, -0.2) is 9.50 Å². The second-order valence-corrected chi connectivity index (χ2v) is 6.93. The number of nitrogens with zero attached hydrogens (tertiary/aromatic N) is 3. The van der Waals surface area contributed by atoms with E-state index in [2.05, 4.69) is 10.1 Å². The summed E-state index contributed by atoms with van der Waals surface area (Å²) in [5.74, 6) is -0.0495. The fraction of sp³-hybridized carbons (Fsp3) is 0.316. The molecule has 6 heteroatoms. The van der Waals surface area contributed by atoms with E-state index in [1.807, 2.05) is 44.2 Å². The third-order valence-electron chi connectivity index (χ3n) is 4.24. The Hall–Kier alpha value is -2.91. The molecule has 2 heterocycles. The molecular formula is C19H20N4O2. The molecule has 3 aromatic rings. The van der Waals surface area contributed by atoms with Gasteiger partial charge in [0.05, 0.1) is 11.3 Å². The Morgan fingerprint density at radius 2 is 2.08 bits per heavy atom. The number of fused-ring (bicyclic) bond motifs is 1. The molecule has 128 valence electrons. The van der Waals surface area contributed by atoms with E-state index in [1.54, 1.807) is 13.8 Å². The van der Waals surface area contributed by atoms with Crippen LogP contribution in [0.2, 0.25) is 0 Å². The van der Waals surface area contributed by atoms with Gasteiger partial charge >= 0.3 is 0 Å². The first-order valence-electron chi connectivity index (χ1n) is 8.11. The second-order valence-electron chi connectivity index (χ2n) is 6.93. The minimum absolute atomic E-state index is 0.0495. The first kappa shape index (κ1) is 16.9. The number of nitriles is 1. The first-order chi connectivity index (χ1) is 11.7. The number of nitrogens with one attached hydrogen (secondary N) is 1. The predicted octanol–water partition coefficient (Wildman–Crippen LogP) is 2.91. The molecule has 0 bridgehead atoms. The van der Waals surface area contributed by atoms with Crippen LogP contribution in [0.15, 0.2) is 35.3 Å². The Balaban J connectivity index is 2.37. The maximum absolute atomic E-state index is 12.9. The van der Waals surface area contributed by atoms with E-state index < -0.39 is 5.60 Å². The first-order valence-corrected chi connectivity index (χ1v) is 8.11. The Bertz CT molecular complexity index is 1050. The van der Waals surface area contributed by atoms with Crippen LogP contribution in [0, 0.1) is 11.3 Å². The van der Waals surface area contributed by atoms with Crippen LogP contribution in [0.3, 0.4) is 0 Å². The van der Waals surface area contributed by atoms with Gasteiger partial charge < -0.3 is 5.11 Å². The van der Waals surface area contributed by atoms with Gasteiger partial charge in [-0.1, -0.05) is 32.0 Å². The molecule has 3 rings (SSSR count). The molecule has 2 N–H and O–H groups in total.